The molecule has 1 rings (SSSR count). The summed E-state index contributed by atoms with van der Waals surface area (Å²) in [6.45, 7) is -0.223. The lowest BCUT2D eigenvalue weighted by atomic mass is 10.0. The molecule has 0 spiro atoms. The molecule has 4 heteroatoms. The molecule has 0 aliphatic carbocycles. The summed E-state index contributed by atoms with van der Waals surface area (Å²) in [6.07, 6.45) is 0. The Morgan fingerprint density at radius 1 is 1.54 bits per heavy atom. The third-order valence-corrected chi connectivity index (χ3v) is 1.75. The van der Waals surface area contributed by atoms with E-state index in [0.29, 0.717) is 11.1 Å². The highest BCUT2D eigenvalue weighted by Gasteiger charge is 2.10. The molecule has 1 aromatic carbocycles. The molecule has 0 bridgehead atoms. The summed E-state index contributed by atoms with van der Waals surface area (Å²) >= 11 is 0. The van der Waals surface area contributed by atoms with Gasteiger partial charge in [0.05, 0.1) is 24.3 Å². The molecule has 68 valence electrons. The summed E-state index contributed by atoms with van der Waals surface area (Å²) in [7, 11) is 0. The molecule has 4 nitrogen and oxygen atoms in total. The second-order valence-corrected chi connectivity index (χ2v) is 2.67. The van der Waals surface area contributed by atoms with Crippen LogP contribution >= 0.6 is 0 Å². The van der Waals surface area contributed by atoms with Gasteiger partial charge in [-0.2, -0.15) is 5.26 Å². The van der Waals surface area contributed by atoms with Crippen LogP contribution in [-0.4, -0.2) is 16.8 Å². The number of nitriles is 1. The Bertz CT molecular complexity index is 344. The van der Waals surface area contributed by atoms with Crippen molar-refractivity contribution in [1.82, 2.24) is 0 Å². The Kier molecular flexibility index (Phi) is 2.85. The van der Waals surface area contributed by atoms with E-state index in [4.69, 9.17) is 21.2 Å². The zero-order valence-electron chi connectivity index (χ0n) is 6.94. The number of benzene rings is 1. The first-order chi connectivity index (χ1) is 6.19. The zero-order valence-corrected chi connectivity index (χ0v) is 6.94. The van der Waals surface area contributed by atoms with E-state index in [2.05, 4.69) is 0 Å². The summed E-state index contributed by atoms with van der Waals surface area (Å²) in [5.41, 5.74) is 6.38. The predicted molar refractivity (Wildman–Crippen MR) is 46.8 cm³/mol. The zero-order chi connectivity index (χ0) is 9.84. The summed E-state index contributed by atoms with van der Waals surface area (Å²) in [4.78, 5) is 0. The maximum atomic E-state index is 9.07. The Morgan fingerprint density at radius 3 is 2.77 bits per heavy atom. The minimum absolute atomic E-state index is 0.0189. The van der Waals surface area contributed by atoms with Gasteiger partial charge in [0, 0.05) is 0 Å². The largest absolute Gasteiger partial charge is 0.508 e. The highest BCUT2D eigenvalue weighted by atomic mass is 16.3. The number of aliphatic hydroxyl groups is 1. The first-order valence-corrected chi connectivity index (χ1v) is 3.78. The summed E-state index contributed by atoms with van der Waals surface area (Å²) in [6, 6.07) is 5.62. The van der Waals surface area contributed by atoms with Gasteiger partial charge in [0.25, 0.3) is 0 Å². The Hall–Kier alpha value is -1.57. The minimum Gasteiger partial charge on any atom is -0.508 e. The fraction of sp³-hybridized carbons (Fsp3) is 0.222. The van der Waals surface area contributed by atoms with E-state index < -0.39 is 6.04 Å². The first-order valence-electron chi connectivity index (χ1n) is 3.78. The van der Waals surface area contributed by atoms with Crippen molar-refractivity contribution in [2.45, 2.75) is 6.04 Å². The van der Waals surface area contributed by atoms with E-state index in [-0.39, 0.29) is 12.4 Å². The number of aliphatic hydroxyl groups excluding tert-OH is 1. The maximum Gasteiger partial charge on any atom is 0.116 e. The highest BCUT2D eigenvalue weighted by Crippen LogP contribution is 2.20. The van der Waals surface area contributed by atoms with Gasteiger partial charge in [-0.3, -0.25) is 0 Å². The topological polar surface area (TPSA) is 90.3 Å². The molecule has 0 saturated heterocycles. The van der Waals surface area contributed by atoms with E-state index in [9.17, 15) is 0 Å². The van der Waals surface area contributed by atoms with Crippen molar-refractivity contribution in [2.24, 2.45) is 5.73 Å². The molecule has 1 atom stereocenters. The molecule has 0 unspecified atom stereocenters. The number of nitrogens with two attached hydrogens (primary N) is 1. The van der Waals surface area contributed by atoms with Crippen molar-refractivity contribution < 1.29 is 10.2 Å². The third kappa shape index (κ3) is 1.96. The Morgan fingerprint density at radius 2 is 2.23 bits per heavy atom. The van der Waals surface area contributed by atoms with Crippen LogP contribution in [0.25, 0.3) is 0 Å². The normalized spacial score (nSPS) is 12.1. The Labute approximate surface area is 75.8 Å². The number of aromatic hydroxyl groups is 1. The van der Waals surface area contributed by atoms with Crippen molar-refractivity contribution in [3.63, 3.8) is 0 Å². The summed E-state index contributed by atoms with van der Waals surface area (Å²) in [5.74, 6) is 0.0189. The second kappa shape index (κ2) is 3.90. The van der Waals surface area contributed by atoms with Crippen LogP contribution in [0.5, 0.6) is 5.75 Å². The van der Waals surface area contributed by atoms with Crippen LogP contribution in [0.4, 0.5) is 0 Å². The van der Waals surface area contributed by atoms with Crippen LogP contribution in [0.2, 0.25) is 0 Å². The molecule has 0 aliphatic heterocycles. The lowest BCUT2D eigenvalue weighted by Gasteiger charge is -2.09. The maximum absolute atomic E-state index is 9.07. The number of rotatable bonds is 2. The van der Waals surface area contributed by atoms with E-state index in [0.717, 1.165) is 0 Å². The number of hydrogen-bond donors (Lipinski definition) is 3. The molecular weight excluding hydrogens is 168 g/mol. The average Bonchev–Trinajstić information content (AvgIpc) is 2.16. The molecule has 0 heterocycles. The molecule has 0 amide bonds. The van der Waals surface area contributed by atoms with Gasteiger partial charge < -0.3 is 15.9 Å². The Balaban J connectivity index is 3.15. The van der Waals surface area contributed by atoms with Gasteiger partial charge in [0.2, 0.25) is 0 Å². The predicted octanol–water partition coefficient (Wildman–Crippen LogP) is 0.256. The highest BCUT2D eigenvalue weighted by molar-refractivity contribution is 5.44. The fourth-order valence-corrected chi connectivity index (χ4v) is 1.06. The van der Waals surface area contributed by atoms with Crippen LogP contribution < -0.4 is 5.73 Å². The SMILES string of the molecule is N#Cc1cc(O)ccc1[C@H](N)CO. The van der Waals surface area contributed by atoms with Crippen molar-refractivity contribution in [2.75, 3.05) is 6.61 Å². The van der Waals surface area contributed by atoms with Crippen molar-refractivity contribution in [3.8, 4) is 11.8 Å². The van der Waals surface area contributed by atoms with Gasteiger partial charge in [-0.05, 0) is 17.7 Å². The lowest BCUT2D eigenvalue weighted by Crippen LogP contribution is -2.15. The van der Waals surface area contributed by atoms with Crippen molar-refractivity contribution in [1.29, 1.82) is 5.26 Å². The van der Waals surface area contributed by atoms with Crippen LogP contribution in [0.3, 0.4) is 0 Å². The van der Waals surface area contributed by atoms with E-state index >= 15 is 0 Å². The van der Waals surface area contributed by atoms with Crippen molar-refractivity contribution >= 4 is 0 Å². The third-order valence-electron chi connectivity index (χ3n) is 1.75. The minimum atomic E-state index is -0.574. The molecule has 0 fully saturated rings. The molecule has 1 aromatic rings. The molecule has 0 aromatic heterocycles. The fourth-order valence-electron chi connectivity index (χ4n) is 1.06. The van der Waals surface area contributed by atoms with Crippen LogP contribution in [0, 0.1) is 11.3 Å². The standard InChI is InChI=1S/C9H10N2O2/c10-4-6-3-7(13)1-2-8(6)9(11)5-12/h1-3,9,12-13H,5,11H2/t9-/m1/s1. The number of hydrogen-bond acceptors (Lipinski definition) is 4. The molecule has 0 aliphatic rings. The molecule has 0 radical (unpaired) electrons. The van der Waals surface area contributed by atoms with Crippen LogP contribution in [0.15, 0.2) is 18.2 Å². The monoisotopic (exact) mass is 178 g/mol. The second-order valence-electron chi connectivity index (χ2n) is 2.67. The van der Waals surface area contributed by atoms with Gasteiger partial charge >= 0.3 is 0 Å². The number of phenolic OH excluding ortho intramolecular Hbond substituents is 1. The van der Waals surface area contributed by atoms with Gasteiger partial charge in [0.1, 0.15) is 5.75 Å². The van der Waals surface area contributed by atoms with Gasteiger partial charge in [-0.1, -0.05) is 6.07 Å². The lowest BCUT2D eigenvalue weighted by molar-refractivity contribution is 0.268. The number of nitrogens with zero attached hydrogens (tertiary/aromatic N) is 1. The van der Waals surface area contributed by atoms with E-state index in [1.54, 1.807) is 0 Å². The van der Waals surface area contributed by atoms with Gasteiger partial charge in [-0.15, -0.1) is 0 Å². The summed E-state index contributed by atoms with van der Waals surface area (Å²) < 4.78 is 0. The van der Waals surface area contributed by atoms with E-state index in [1.165, 1.54) is 18.2 Å². The van der Waals surface area contributed by atoms with Gasteiger partial charge in [0.15, 0.2) is 0 Å². The quantitative estimate of drug-likeness (QED) is 0.605. The molecular formula is C9H10N2O2. The molecule has 13 heavy (non-hydrogen) atoms. The van der Waals surface area contributed by atoms with Gasteiger partial charge in [-0.25, -0.2) is 0 Å². The molecule has 0 saturated carbocycles. The molecule has 4 N–H and O–H groups in total. The average molecular weight is 178 g/mol. The smallest absolute Gasteiger partial charge is 0.116 e. The number of phenols is 1. The van der Waals surface area contributed by atoms with Crippen LogP contribution in [0.1, 0.15) is 17.2 Å². The van der Waals surface area contributed by atoms with Crippen LogP contribution in [-0.2, 0) is 0 Å². The van der Waals surface area contributed by atoms with E-state index in [1.807, 2.05) is 6.07 Å². The first kappa shape index (κ1) is 9.52. The van der Waals surface area contributed by atoms with Crippen molar-refractivity contribution in [3.05, 3.63) is 29.3 Å². The summed E-state index contributed by atoms with van der Waals surface area (Å²) in [5, 5.41) is 26.5.